The highest BCUT2D eigenvalue weighted by atomic mass is 16.5. The smallest absolute Gasteiger partial charge is 0.328 e. The summed E-state index contributed by atoms with van der Waals surface area (Å²) in [5.74, 6) is -0.897. The molecule has 1 saturated carbocycles. The van der Waals surface area contributed by atoms with Crippen molar-refractivity contribution in [2.24, 2.45) is 17.8 Å². The Labute approximate surface area is 175 Å². The van der Waals surface area contributed by atoms with Crippen LogP contribution in [0.5, 0.6) is 0 Å². The quantitative estimate of drug-likeness (QED) is 0.208. The van der Waals surface area contributed by atoms with Gasteiger partial charge in [-0.3, -0.25) is 14.8 Å². The summed E-state index contributed by atoms with van der Waals surface area (Å²) >= 11 is 0. The maximum Gasteiger partial charge on any atom is 0.328 e. The van der Waals surface area contributed by atoms with E-state index < -0.39 is 18.0 Å². The number of hydrogen-bond donors (Lipinski definition) is 2. The molecule has 3 atom stereocenters. The molecule has 0 spiro atoms. The molecule has 1 rings (SSSR count). The molecule has 29 heavy (non-hydrogen) atoms. The normalized spacial score (nSPS) is 17.8. The first-order valence-electron chi connectivity index (χ1n) is 11.1. The van der Waals surface area contributed by atoms with Crippen molar-refractivity contribution in [3.05, 3.63) is 0 Å². The Morgan fingerprint density at radius 1 is 1.14 bits per heavy atom. The number of rotatable bonds is 13. The number of nitrogens with zero attached hydrogens (tertiary/aromatic N) is 1. The fourth-order valence-corrected chi connectivity index (χ4v) is 4.06. The second-order valence-corrected chi connectivity index (χ2v) is 9.11. The number of carbonyl (C=O) groups is 3. The molecule has 0 bridgehead atoms. The van der Waals surface area contributed by atoms with Gasteiger partial charge in [0.05, 0.1) is 12.0 Å². The first kappa shape index (κ1) is 25.4. The van der Waals surface area contributed by atoms with Crippen molar-refractivity contribution >= 4 is 18.3 Å². The van der Waals surface area contributed by atoms with Crippen molar-refractivity contribution < 1.29 is 24.3 Å². The molecule has 2 amide bonds. The molecule has 7 heteroatoms. The zero-order chi connectivity index (χ0) is 22.0. The molecule has 1 aliphatic carbocycles. The molecular weight excluding hydrogens is 372 g/mol. The standard InChI is InChI=1S/C22H40N2O5/c1-6-9-20(24(28)14-25)18(12-15(2)3)21(26)23-19(13-16(4)5)22(27)29-17-10-7-8-11-17/h14-20,28H,6-13H2,1-5H3,(H,23,26). The fraction of sp³-hybridized carbons (Fsp3) is 0.864. The summed E-state index contributed by atoms with van der Waals surface area (Å²) in [6.45, 7) is 9.92. The second-order valence-electron chi connectivity index (χ2n) is 9.11. The summed E-state index contributed by atoms with van der Waals surface area (Å²) in [6, 6.07) is -1.34. The van der Waals surface area contributed by atoms with Gasteiger partial charge in [-0.2, -0.15) is 0 Å². The van der Waals surface area contributed by atoms with Crippen LogP contribution >= 0.6 is 0 Å². The minimum Gasteiger partial charge on any atom is -0.461 e. The van der Waals surface area contributed by atoms with Crippen LogP contribution in [0.2, 0.25) is 0 Å². The Hall–Kier alpha value is -1.63. The van der Waals surface area contributed by atoms with Gasteiger partial charge in [-0.05, 0) is 56.8 Å². The van der Waals surface area contributed by atoms with Crippen molar-refractivity contribution in [2.75, 3.05) is 0 Å². The van der Waals surface area contributed by atoms with E-state index in [2.05, 4.69) is 5.32 Å². The predicted octanol–water partition coefficient (Wildman–Crippen LogP) is 3.68. The largest absolute Gasteiger partial charge is 0.461 e. The highest BCUT2D eigenvalue weighted by Crippen LogP contribution is 2.25. The van der Waals surface area contributed by atoms with E-state index in [1.54, 1.807) is 0 Å². The molecule has 2 N–H and O–H groups in total. The van der Waals surface area contributed by atoms with Crippen LogP contribution in [0.25, 0.3) is 0 Å². The molecule has 0 aliphatic heterocycles. The molecule has 0 radical (unpaired) electrons. The molecule has 168 valence electrons. The van der Waals surface area contributed by atoms with Gasteiger partial charge in [-0.15, -0.1) is 0 Å². The van der Waals surface area contributed by atoms with Crippen molar-refractivity contribution in [3.63, 3.8) is 0 Å². The SMILES string of the molecule is CCCC(C(CC(C)C)C(=O)NC(CC(C)C)C(=O)OC1CCCC1)N(O)C=O. The van der Waals surface area contributed by atoms with Crippen LogP contribution < -0.4 is 5.32 Å². The highest BCUT2D eigenvalue weighted by Gasteiger charge is 2.35. The summed E-state index contributed by atoms with van der Waals surface area (Å²) in [6.07, 6.45) is 6.38. The number of hydrogen-bond acceptors (Lipinski definition) is 5. The van der Waals surface area contributed by atoms with E-state index in [-0.39, 0.29) is 29.8 Å². The van der Waals surface area contributed by atoms with Gasteiger partial charge in [0.25, 0.3) is 0 Å². The van der Waals surface area contributed by atoms with Crippen LogP contribution in [0.4, 0.5) is 0 Å². The van der Waals surface area contributed by atoms with Crippen LogP contribution in [0.3, 0.4) is 0 Å². The molecule has 0 aromatic carbocycles. The Morgan fingerprint density at radius 3 is 2.21 bits per heavy atom. The molecule has 3 unspecified atom stereocenters. The second kappa shape index (κ2) is 12.8. The van der Waals surface area contributed by atoms with Crippen LogP contribution in [0.1, 0.15) is 86.0 Å². The van der Waals surface area contributed by atoms with Crippen molar-refractivity contribution in [2.45, 2.75) is 104 Å². The lowest BCUT2D eigenvalue weighted by Crippen LogP contribution is -2.51. The van der Waals surface area contributed by atoms with E-state index in [4.69, 9.17) is 4.74 Å². The summed E-state index contributed by atoms with van der Waals surface area (Å²) < 4.78 is 5.64. The van der Waals surface area contributed by atoms with Gasteiger partial charge >= 0.3 is 5.97 Å². The van der Waals surface area contributed by atoms with Crippen LogP contribution in [0, 0.1) is 17.8 Å². The minimum atomic E-state index is -0.719. The Balaban J connectivity index is 2.96. The van der Waals surface area contributed by atoms with Crippen LogP contribution in [-0.4, -0.2) is 46.7 Å². The van der Waals surface area contributed by atoms with E-state index in [0.29, 0.717) is 30.7 Å². The van der Waals surface area contributed by atoms with E-state index in [0.717, 1.165) is 32.1 Å². The Morgan fingerprint density at radius 2 is 1.72 bits per heavy atom. The number of hydroxylamine groups is 2. The number of amides is 2. The van der Waals surface area contributed by atoms with Gasteiger partial charge in [-0.1, -0.05) is 41.0 Å². The Kier molecular flexibility index (Phi) is 11.2. The van der Waals surface area contributed by atoms with Gasteiger partial charge < -0.3 is 10.1 Å². The number of nitrogens with one attached hydrogen (secondary N) is 1. The zero-order valence-electron chi connectivity index (χ0n) is 18.7. The van der Waals surface area contributed by atoms with Crippen LogP contribution in [0.15, 0.2) is 0 Å². The van der Waals surface area contributed by atoms with E-state index in [1.165, 1.54) is 0 Å². The third kappa shape index (κ3) is 8.72. The first-order chi connectivity index (χ1) is 13.7. The Bertz CT molecular complexity index is 517. The van der Waals surface area contributed by atoms with Gasteiger partial charge in [0.15, 0.2) is 0 Å². The van der Waals surface area contributed by atoms with Gasteiger partial charge in [0, 0.05) is 0 Å². The van der Waals surface area contributed by atoms with Gasteiger partial charge in [0.1, 0.15) is 12.1 Å². The maximum absolute atomic E-state index is 13.2. The monoisotopic (exact) mass is 412 g/mol. The average Bonchev–Trinajstić information content (AvgIpc) is 3.15. The summed E-state index contributed by atoms with van der Waals surface area (Å²) in [7, 11) is 0. The summed E-state index contributed by atoms with van der Waals surface area (Å²) in [5.41, 5.74) is 0. The van der Waals surface area contributed by atoms with E-state index >= 15 is 0 Å². The number of ether oxygens (including phenoxy) is 1. The molecular formula is C22H40N2O5. The lowest BCUT2D eigenvalue weighted by molar-refractivity contribution is -0.170. The fourth-order valence-electron chi connectivity index (χ4n) is 4.06. The molecule has 0 saturated heterocycles. The van der Waals surface area contributed by atoms with Crippen molar-refractivity contribution in [3.8, 4) is 0 Å². The number of carbonyl (C=O) groups excluding carboxylic acids is 3. The van der Waals surface area contributed by atoms with Gasteiger partial charge in [0.2, 0.25) is 12.3 Å². The lowest BCUT2D eigenvalue weighted by Gasteiger charge is -2.32. The summed E-state index contributed by atoms with van der Waals surface area (Å²) in [5, 5.41) is 13.5. The molecule has 0 aromatic heterocycles. The average molecular weight is 413 g/mol. The van der Waals surface area contributed by atoms with E-state index in [1.807, 2.05) is 34.6 Å². The van der Waals surface area contributed by atoms with E-state index in [9.17, 15) is 19.6 Å². The third-order valence-electron chi connectivity index (χ3n) is 5.45. The van der Waals surface area contributed by atoms with Gasteiger partial charge in [-0.25, -0.2) is 9.86 Å². The van der Waals surface area contributed by atoms with Crippen molar-refractivity contribution in [1.82, 2.24) is 10.4 Å². The molecule has 7 nitrogen and oxygen atoms in total. The predicted molar refractivity (Wildman–Crippen MR) is 111 cm³/mol. The highest BCUT2D eigenvalue weighted by molar-refractivity contribution is 5.86. The number of esters is 1. The maximum atomic E-state index is 13.2. The topological polar surface area (TPSA) is 95.9 Å². The van der Waals surface area contributed by atoms with Crippen LogP contribution in [-0.2, 0) is 19.1 Å². The molecule has 1 fully saturated rings. The van der Waals surface area contributed by atoms with Crippen molar-refractivity contribution in [1.29, 1.82) is 0 Å². The lowest BCUT2D eigenvalue weighted by atomic mass is 9.86. The zero-order valence-corrected chi connectivity index (χ0v) is 18.7. The third-order valence-corrected chi connectivity index (χ3v) is 5.45. The molecule has 1 aliphatic rings. The molecule has 0 heterocycles. The molecule has 0 aromatic rings. The first-order valence-corrected chi connectivity index (χ1v) is 11.1. The minimum absolute atomic E-state index is 0.0589. The summed E-state index contributed by atoms with van der Waals surface area (Å²) in [4.78, 5) is 37.1.